The fourth-order valence-corrected chi connectivity index (χ4v) is 2.69. The van der Waals surface area contributed by atoms with Gasteiger partial charge in [-0.1, -0.05) is 39.8 Å². The molecule has 26 heavy (non-hydrogen) atoms. The molecule has 0 radical (unpaired) electrons. The van der Waals surface area contributed by atoms with Crippen LogP contribution in [0.2, 0.25) is 0 Å². The zero-order valence-electron chi connectivity index (χ0n) is 15.6. The van der Waals surface area contributed by atoms with Crippen LogP contribution in [0.3, 0.4) is 0 Å². The SMILES string of the molecule is CC[C@@H](C)c1ccc(NC(=O)CN2C(=O)C(=O)N(CC(C)C)C2=O)cc1. The summed E-state index contributed by atoms with van der Waals surface area (Å²) >= 11 is 0. The van der Waals surface area contributed by atoms with Gasteiger partial charge in [0.25, 0.3) is 0 Å². The molecule has 1 aliphatic heterocycles. The van der Waals surface area contributed by atoms with Crippen molar-refractivity contribution in [2.24, 2.45) is 5.92 Å². The van der Waals surface area contributed by atoms with Gasteiger partial charge in [0, 0.05) is 12.2 Å². The van der Waals surface area contributed by atoms with Crippen LogP contribution in [0.4, 0.5) is 10.5 Å². The number of carbonyl (C=O) groups excluding carboxylic acids is 4. The predicted molar refractivity (Wildman–Crippen MR) is 97.4 cm³/mol. The monoisotopic (exact) mass is 359 g/mol. The third kappa shape index (κ3) is 4.28. The number of nitrogens with one attached hydrogen (secondary N) is 1. The average Bonchev–Trinajstić information content (AvgIpc) is 2.79. The largest absolute Gasteiger partial charge is 0.334 e. The summed E-state index contributed by atoms with van der Waals surface area (Å²) in [6.45, 7) is 7.57. The zero-order chi connectivity index (χ0) is 19.4. The van der Waals surface area contributed by atoms with Gasteiger partial charge in [-0.15, -0.1) is 0 Å². The van der Waals surface area contributed by atoms with E-state index in [1.807, 2.05) is 26.0 Å². The molecule has 2 rings (SSSR count). The van der Waals surface area contributed by atoms with Crippen LogP contribution in [0, 0.1) is 5.92 Å². The van der Waals surface area contributed by atoms with Gasteiger partial charge in [-0.3, -0.25) is 19.3 Å². The molecule has 0 aromatic heterocycles. The van der Waals surface area contributed by atoms with Crippen LogP contribution >= 0.6 is 0 Å². The number of imide groups is 2. The van der Waals surface area contributed by atoms with Gasteiger partial charge in [-0.2, -0.15) is 0 Å². The summed E-state index contributed by atoms with van der Waals surface area (Å²) in [6.07, 6.45) is 1.02. The molecule has 7 nitrogen and oxygen atoms in total. The quantitative estimate of drug-likeness (QED) is 0.599. The van der Waals surface area contributed by atoms with E-state index >= 15 is 0 Å². The Bertz CT molecular complexity index is 712. The normalized spacial score (nSPS) is 15.8. The second-order valence-corrected chi connectivity index (χ2v) is 6.96. The zero-order valence-corrected chi connectivity index (χ0v) is 15.6. The van der Waals surface area contributed by atoms with E-state index in [0.29, 0.717) is 16.5 Å². The van der Waals surface area contributed by atoms with Gasteiger partial charge in [0.1, 0.15) is 6.54 Å². The summed E-state index contributed by atoms with van der Waals surface area (Å²) < 4.78 is 0. The second-order valence-electron chi connectivity index (χ2n) is 6.96. The van der Waals surface area contributed by atoms with Crippen molar-refractivity contribution >= 4 is 29.4 Å². The van der Waals surface area contributed by atoms with Crippen LogP contribution in [0.25, 0.3) is 0 Å². The number of amides is 5. The minimum atomic E-state index is -0.960. The van der Waals surface area contributed by atoms with Crippen LogP contribution < -0.4 is 5.32 Å². The van der Waals surface area contributed by atoms with Crippen LogP contribution in [-0.2, 0) is 14.4 Å². The summed E-state index contributed by atoms with van der Waals surface area (Å²) in [5.41, 5.74) is 1.75. The Hall–Kier alpha value is -2.70. The molecule has 0 unspecified atom stereocenters. The fourth-order valence-electron chi connectivity index (χ4n) is 2.69. The van der Waals surface area contributed by atoms with Crippen molar-refractivity contribution in [3.05, 3.63) is 29.8 Å². The topological polar surface area (TPSA) is 86.8 Å². The maximum Gasteiger partial charge on any atom is 0.334 e. The summed E-state index contributed by atoms with van der Waals surface area (Å²) in [5, 5.41) is 2.65. The van der Waals surface area contributed by atoms with Crippen LogP contribution in [0.15, 0.2) is 24.3 Å². The van der Waals surface area contributed by atoms with Crippen molar-refractivity contribution in [1.82, 2.24) is 9.80 Å². The van der Waals surface area contributed by atoms with E-state index in [2.05, 4.69) is 19.2 Å². The molecule has 5 amide bonds. The number of hydrogen-bond donors (Lipinski definition) is 1. The van der Waals surface area contributed by atoms with Crippen LogP contribution in [-0.4, -0.2) is 46.6 Å². The Morgan fingerprint density at radius 1 is 1.00 bits per heavy atom. The molecule has 0 spiro atoms. The highest BCUT2D eigenvalue weighted by molar-refractivity contribution is 6.45. The first-order valence-corrected chi connectivity index (χ1v) is 8.81. The molecule has 1 aromatic rings. The molecule has 0 bridgehead atoms. The molecule has 1 N–H and O–H groups in total. The van der Waals surface area contributed by atoms with Crippen LogP contribution in [0.1, 0.15) is 45.6 Å². The van der Waals surface area contributed by atoms with Crippen molar-refractivity contribution in [3.63, 3.8) is 0 Å². The first-order chi connectivity index (χ1) is 12.2. The number of benzene rings is 1. The molecule has 0 aliphatic carbocycles. The number of hydrogen-bond acceptors (Lipinski definition) is 4. The van der Waals surface area contributed by atoms with E-state index in [1.165, 1.54) is 5.56 Å². The van der Waals surface area contributed by atoms with Gasteiger partial charge in [-0.05, 0) is 36.0 Å². The number of carbonyl (C=O) groups is 4. The van der Waals surface area contributed by atoms with Gasteiger partial charge in [0.15, 0.2) is 0 Å². The molecular weight excluding hydrogens is 334 g/mol. The van der Waals surface area contributed by atoms with Gasteiger partial charge in [0.2, 0.25) is 5.91 Å². The summed E-state index contributed by atoms with van der Waals surface area (Å²) in [4.78, 5) is 49.9. The van der Waals surface area contributed by atoms with Gasteiger partial charge >= 0.3 is 17.8 Å². The van der Waals surface area contributed by atoms with Crippen molar-refractivity contribution in [2.45, 2.75) is 40.0 Å². The lowest BCUT2D eigenvalue weighted by molar-refractivity contribution is -0.143. The lowest BCUT2D eigenvalue weighted by Crippen LogP contribution is -2.39. The number of rotatable bonds is 7. The van der Waals surface area contributed by atoms with Crippen molar-refractivity contribution in [3.8, 4) is 0 Å². The van der Waals surface area contributed by atoms with E-state index in [-0.39, 0.29) is 12.5 Å². The Morgan fingerprint density at radius 2 is 1.58 bits per heavy atom. The molecule has 7 heteroatoms. The van der Waals surface area contributed by atoms with E-state index in [1.54, 1.807) is 12.1 Å². The minimum Gasteiger partial charge on any atom is -0.325 e. The van der Waals surface area contributed by atoms with Gasteiger partial charge in [0.05, 0.1) is 0 Å². The molecule has 1 atom stereocenters. The van der Waals surface area contributed by atoms with Crippen molar-refractivity contribution in [2.75, 3.05) is 18.4 Å². The minimum absolute atomic E-state index is 0.0357. The standard InChI is InChI=1S/C19H25N3O4/c1-5-13(4)14-6-8-15(9-7-14)20-16(23)11-22-18(25)17(24)21(19(22)26)10-12(2)3/h6-9,12-13H,5,10-11H2,1-4H3,(H,20,23)/t13-/m1/s1. The molecule has 1 aromatic carbocycles. The molecule has 1 saturated heterocycles. The van der Waals surface area contributed by atoms with Crippen LogP contribution in [0.5, 0.6) is 0 Å². The third-order valence-corrected chi connectivity index (χ3v) is 4.36. The second kappa shape index (κ2) is 8.12. The Balaban J connectivity index is 2.00. The number of anilines is 1. The Kier molecular flexibility index (Phi) is 6.13. The van der Waals surface area contributed by atoms with E-state index in [4.69, 9.17) is 0 Å². The third-order valence-electron chi connectivity index (χ3n) is 4.36. The fraction of sp³-hybridized carbons (Fsp3) is 0.474. The first-order valence-electron chi connectivity index (χ1n) is 8.81. The van der Waals surface area contributed by atoms with E-state index < -0.39 is 30.3 Å². The van der Waals surface area contributed by atoms with Crippen molar-refractivity contribution in [1.29, 1.82) is 0 Å². The van der Waals surface area contributed by atoms with Crippen molar-refractivity contribution < 1.29 is 19.2 Å². The number of nitrogens with zero attached hydrogens (tertiary/aromatic N) is 2. The summed E-state index contributed by atoms with van der Waals surface area (Å²) in [6, 6.07) is 6.69. The predicted octanol–water partition coefficient (Wildman–Crippen LogP) is 2.59. The highest BCUT2D eigenvalue weighted by Crippen LogP contribution is 2.20. The highest BCUT2D eigenvalue weighted by atomic mass is 16.2. The lowest BCUT2D eigenvalue weighted by Gasteiger charge is -2.17. The lowest BCUT2D eigenvalue weighted by atomic mass is 9.99. The molecule has 1 fully saturated rings. The molecule has 140 valence electrons. The number of urea groups is 1. The van der Waals surface area contributed by atoms with E-state index in [9.17, 15) is 19.2 Å². The average molecular weight is 359 g/mol. The molecule has 1 heterocycles. The van der Waals surface area contributed by atoms with E-state index in [0.717, 1.165) is 11.3 Å². The maximum absolute atomic E-state index is 12.2. The smallest absolute Gasteiger partial charge is 0.325 e. The van der Waals surface area contributed by atoms with Gasteiger partial charge < -0.3 is 5.32 Å². The molecular formula is C19H25N3O4. The molecule has 0 saturated carbocycles. The summed E-state index contributed by atoms with van der Waals surface area (Å²) in [5.74, 6) is -1.90. The Morgan fingerprint density at radius 3 is 2.12 bits per heavy atom. The molecule has 1 aliphatic rings. The highest BCUT2D eigenvalue weighted by Gasteiger charge is 2.45. The maximum atomic E-state index is 12.2. The first kappa shape index (κ1) is 19.6. The Labute approximate surface area is 153 Å². The van der Waals surface area contributed by atoms with Gasteiger partial charge in [-0.25, -0.2) is 9.69 Å². The summed E-state index contributed by atoms with van der Waals surface area (Å²) in [7, 11) is 0.